The van der Waals surface area contributed by atoms with E-state index in [4.69, 9.17) is 34.8 Å². The highest BCUT2D eigenvalue weighted by Crippen LogP contribution is 2.32. The molecule has 2 aromatic carbocycles. The summed E-state index contributed by atoms with van der Waals surface area (Å²) in [5.41, 5.74) is 0.847. The van der Waals surface area contributed by atoms with Crippen molar-refractivity contribution in [2.75, 3.05) is 18.4 Å². The van der Waals surface area contributed by atoms with Crippen molar-refractivity contribution in [1.29, 1.82) is 0 Å². The number of carbonyl (C=O) groups is 2. The van der Waals surface area contributed by atoms with E-state index in [0.29, 0.717) is 38.5 Å². The van der Waals surface area contributed by atoms with Gasteiger partial charge in [-0.2, -0.15) is 4.31 Å². The molecule has 0 spiro atoms. The SMILES string of the molecule is O=C(c1ccccc1Cl)c1cc(Cl)ccc1NC(=O)C1CCN(S(=O)(=O)c2ccc(Cl)s2)CC1. The molecule has 11 heteroatoms. The number of carbonyl (C=O) groups excluding carboxylic acids is 2. The fraction of sp³-hybridized carbons (Fsp3) is 0.217. The number of hydrogen-bond donors (Lipinski definition) is 1. The number of piperidine rings is 1. The van der Waals surface area contributed by atoms with Gasteiger partial charge < -0.3 is 5.32 Å². The molecule has 3 aromatic rings. The maximum absolute atomic E-state index is 13.1. The highest BCUT2D eigenvalue weighted by Gasteiger charge is 2.33. The van der Waals surface area contributed by atoms with Gasteiger partial charge in [0, 0.05) is 35.2 Å². The van der Waals surface area contributed by atoms with E-state index in [0.717, 1.165) is 11.3 Å². The molecule has 6 nitrogen and oxygen atoms in total. The topological polar surface area (TPSA) is 83.6 Å². The average Bonchev–Trinajstić information content (AvgIpc) is 3.27. The van der Waals surface area contributed by atoms with Gasteiger partial charge in [0.05, 0.1) is 15.0 Å². The van der Waals surface area contributed by atoms with E-state index in [1.807, 2.05) is 0 Å². The van der Waals surface area contributed by atoms with E-state index < -0.39 is 15.9 Å². The summed E-state index contributed by atoms with van der Waals surface area (Å²) in [6.07, 6.45) is 0.705. The zero-order valence-electron chi connectivity index (χ0n) is 17.6. The van der Waals surface area contributed by atoms with Crippen molar-refractivity contribution >= 4 is 73.5 Å². The van der Waals surface area contributed by atoms with E-state index in [9.17, 15) is 18.0 Å². The minimum atomic E-state index is -3.64. The molecule has 0 atom stereocenters. The molecule has 0 radical (unpaired) electrons. The van der Waals surface area contributed by atoms with Gasteiger partial charge in [0.15, 0.2) is 5.78 Å². The van der Waals surface area contributed by atoms with Crippen LogP contribution in [0.15, 0.2) is 58.8 Å². The Bertz CT molecular complexity index is 1350. The number of nitrogens with one attached hydrogen (secondary N) is 1. The fourth-order valence-corrected chi connectivity index (χ4v) is 7.26. The van der Waals surface area contributed by atoms with Gasteiger partial charge in [-0.15, -0.1) is 11.3 Å². The number of sulfonamides is 1. The smallest absolute Gasteiger partial charge is 0.252 e. The summed E-state index contributed by atoms with van der Waals surface area (Å²) < 4.78 is 27.6. The molecule has 0 aliphatic carbocycles. The van der Waals surface area contributed by atoms with Gasteiger partial charge in [0.1, 0.15) is 4.21 Å². The van der Waals surface area contributed by atoms with Crippen LogP contribution in [0.1, 0.15) is 28.8 Å². The van der Waals surface area contributed by atoms with Gasteiger partial charge in [0.25, 0.3) is 10.0 Å². The van der Waals surface area contributed by atoms with Crippen molar-refractivity contribution in [3.8, 4) is 0 Å². The third-order valence-corrected chi connectivity index (χ3v) is 9.73. The van der Waals surface area contributed by atoms with Gasteiger partial charge in [-0.25, -0.2) is 8.42 Å². The normalized spacial score (nSPS) is 15.3. The summed E-state index contributed by atoms with van der Waals surface area (Å²) in [6.45, 7) is 0.421. The lowest BCUT2D eigenvalue weighted by molar-refractivity contribution is -0.120. The van der Waals surface area contributed by atoms with E-state index in [1.165, 1.54) is 16.4 Å². The van der Waals surface area contributed by atoms with Crippen LogP contribution in [0.3, 0.4) is 0 Å². The van der Waals surface area contributed by atoms with Crippen LogP contribution in [0.25, 0.3) is 0 Å². The van der Waals surface area contributed by atoms with Crippen LogP contribution in [0, 0.1) is 5.92 Å². The Morgan fingerprint density at radius 3 is 2.29 bits per heavy atom. The lowest BCUT2D eigenvalue weighted by Gasteiger charge is -2.30. The van der Waals surface area contributed by atoms with Crippen molar-refractivity contribution in [1.82, 2.24) is 4.31 Å². The molecule has 34 heavy (non-hydrogen) atoms. The second-order valence-corrected chi connectivity index (χ2v) is 12.4. The molecule has 1 amide bonds. The van der Waals surface area contributed by atoms with Crippen LogP contribution in [-0.2, 0) is 14.8 Å². The maximum Gasteiger partial charge on any atom is 0.252 e. The molecule has 2 heterocycles. The molecule has 0 saturated carbocycles. The molecule has 4 rings (SSSR count). The van der Waals surface area contributed by atoms with Crippen molar-refractivity contribution < 1.29 is 18.0 Å². The predicted octanol–water partition coefficient (Wildman–Crippen LogP) is 5.98. The number of halogens is 3. The number of thiophene rings is 1. The highest BCUT2D eigenvalue weighted by molar-refractivity contribution is 7.91. The molecular formula is C23H19Cl3N2O4S2. The summed E-state index contributed by atoms with van der Waals surface area (Å²) >= 11 is 19.2. The first-order valence-electron chi connectivity index (χ1n) is 10.3. The van der Waals surface area contributed by atoms with E-state index in [2.05, 4.69) is 5.32 Å². The number of amides is 1. The summed E-state index contributed by atoms with van der Waals surface area (Å²) in [4.78, 5) is 26.1. The summed E-state index contributed by atoms with van der Waals surface area (Å²) in [7, 11) is -3.64. The molecule has 1 aromatic heterocycles. The van der Waals surface area contributed by atoms with Gasteiger partial charge in [-0.1, -0.05) is 46.9 Å². The van der Waals surface area contributed by atoms with Gasteiger partial charge in [-0.3, -0.25) is 9.59 Å². The first-order valence-corrected chi connectivity index (χ1v) is 13.7. The molecule has 1 aliphatic rings. The van der Waals surface area contributed by atoms with Gasteiger partial charge >= 0.3 is 0 Å². The van der Waals surface area contributed by atoms with Crippen LogP contribution >= 0.6 is 46.1 Å². The molecule has 1 N–H and O–H groups in total. The number of benzene rings is 2. The lowest BCUT2D eigenvalue weighted by atomic mass is 9.96. The minimum Gasteiger partial charge on any atom is -0.325 e. The number of rotatable bonds is 6. The van der Waals surface area contributed by atoms with E-state index in [-0.39, 0.29) is 34.6 Å². The molecule has 1 aliphatic heterocycles. The number of nitrogens with zero attached hydrogens (tertiary/aromatic N) is 1. The Hall–Kier alpha value is -1.94. The monoisotopic (exact) mass is 556 g/mol. The quantitative estimate of drug-likeness (QED) is 0.378. The Morgan fingerprint density at radius 1 is 0.941 bits per heavy atom. The molecule has 1 saturated heterocycles. The molecular weight excluding hydrogens is 539 g/mol. The second-order valence-electron chi connectivity index (χ2n) is 7.73. The first kappa shape index (κ1) is 25.2. The van der Waals surface area contributed by atoms with Crippen LogP contribution in [0.4, 0.5) is 5.69 Å². The molecule has 0 unspecified atom stereocenters. The zero-order valence-corrected chi connectivity index (χ0v) is 21.5. The van der Waals surface area contributed by atoms with Gasteiger partial charge in [0.2, 0.25) is 5.91 Å². The maximum atomic E-state index is 13.1. The number of hydrogen-bond acceptors (Lipinski definition) is 5. The fourth-order valence-electron chi connectivity index (χ4n) is 3.76. The minimum absolute atomic E-state index is 0.185. The predicted molar refractivity (Wildman–Crippen MR) is 136 cm³/mol. The van der Waals surface area contributed by atoms with Crippen LogP contribution in [0.2, 0.25) is 14.4 Å². The Balaban J connectivity index is 1.47. The summed E-state index contributed by atoms with van der Waals surface area (Å²) in [5, 5.41) is 3.47. The third-order valence-electron chi connectivity index (χ3n) is 5.57. The summed E-state index contributed by atoms with van der Waals surface area (Å²) in [5.74, 6) is -1.05. The lowest BCUT2D eigenvalue weighted by Crippen LogP contribution is -2.41. The van der Waals surface area contributed by atoms with Gasteiger partial charge in [-0.05, 0) is 55.3 Å². The largest absolute Gasteiger partial charge is 0.325 e. The second kappa shape index (κ2) is 10.4. The molecule has 0 bridgehead atoms. The van der Waals surface area contributed by atoms with Crippen molar-refractivity contribution in [2.45, 2.75) is 17.1 Å². The first-order chi connectivity index (χ1) is 16.2. The number of ketones is 1. The average molecular weight is 558 g/mol. The van der Waals surface area contributed by atoms with Crippen molar-refractivity contribution in [3.05, 3.63) is 80.1 Å². The van der Waals surface area contributed by atoms with E-state index in [1.54, 1.807) is 42.5 Å². The highest BCUT2D eigenvalue weighted by atomic mass is 35.5. The standard InChI is InChI=1S/C23H19Cl3N2O4S2/c24-15-5-6-19(17(13-15)22(29)16-3-1-2-4-18(16)25)27-23(30)14-9-11-28(12-10-14)34(31,32)21-8-7-20(26)33-21/h1-8,13-14H,9-12H2,(H,27,30). The Kier molecular flexibility index (Phi) is 7.66. The Morgan fingerprint density at radius 2 is 1.65 bits per heavy atom. The molecule has 1 fully saturated rings. The van der Waals surface area contributed by atoms with Crippen molar-refractivity contribution in [2.24, 2.45) is 5.92 Å². The van der Waals surface area contributed by atoms with Crippen LogP contribution < -0.4 is 5.32 Å². The third kappa shape index (κ3) is 5.32. The van der Waals surface area contributed by atoms with Crippen molar-refractivity contribution in [3.63, 3.8) is 0 Å². The Labute approximate surface area is 216 Å². The van der Waals surface area contributed by atoms with Crippen LogP contribution in [0.5, 0.6) is 0 Å². The zero-order chi connectivity index (χ0) is 24.5. The summed E-state index contributed by atoms with van der Waals surface area (Å²) in [6, 6.07) is 14.3. The number of anilines is 1. The molecule has 178 valence electrons. The van der Waals surface area contributed by atoms with Crippen LogP contribution in [-0.4, -0.2) is 37.5 Å². The van der Waals surface area contributed by atoms with E-state index >= 15 is 0 Å².